The fourth-order valence-corrected chi connectivity index (χ4v) is 2.78. The molecule has 0 radical (unpaired) electrons. The zero-order valence-corrected chi connectivity index (χ0v) is 12.3. The van der Waals surface area contributed by atoms with E-state index in [4.69, 9.17) is 10.2 Å². The van der Waals surface area contributed by atoms with Crippen molar-refractivity contribution >= 4 is 33.5 Å². The van der Waals surface area contributed by atoms with Crippen molar-refractivity contribution in [3.8, 4) is 0 Å². The minimum atomic E-state index is -1.59. The molecular weight excluding hydrogens is 278 g/mol. The van der Waals surface area contributed by atoms with Crippen LogP contribution in [0, 0.1) is 0 Å². The van der Waals surface area contributed by atoms with Gasteiger partial charge in [-0.2, -0.15) is 0 Å². The molecule has 0 aliphatic carbocycles. The molecule has 0 spiro atoms. The second-order valence-electron chi connectivity index (χ2n) is 4.26. The molecule has 0 aliphatic heterocycles. The summed E-state index contributed by atoms with van der Waals surface area (Å²) in [5.74, 6) is -0.292. The molecule has 0 aliphatic rings. The average Bonchev–Trinajstić information content (AvgIpc) is 2.83. The first kappa shape index (κ1) is 14.5. The highest BCUT2D eigenvalue weighted by Gasteiger charge is 2.19. The van der Waals surface area contributed by atoms with Crippen LogP contribution >= 0.6 is 0 Å². The smallest absolute Gasteiger partial charge is 0.288 e. The van der Waals surface area contributed by atoms with Crippen molar-refractivity contribution in [2.45, 2.75) is 19.1 Å². The Balaban J connectivity index is 2.17. The van der Waals surface area contributed by atoms with E-state index in [0.717, 1.165) is 0 Å². The normalized spacial score (nSPS) is 12.5. The van der Waals surface area contributed by atoms with Crippen molar-refractivity contribution in [2.75, 3.05) is 24.6 Å². The van der Waals surface area contributed by atoms with Gasteiger partial charge in [0.05, 0.1) is 0 Å². The summed E-state index contributed by atoms with van der Waals surface area (Å²) in [5, 5.41) is 0.0612. The monoisotopic (exact) mass is 295 g/mol. The van der Waals surface area contributed by atoms with Crippen LogP contribution in [0.15, 0.2) is 27.8 Å². The molecule has 7 heteroatoms. The topological polar surface area (TPSA) is 89.4 Å². The predicted octanol–water partition coefficient (Wildman–Crippen LogP) is 1.39. The van der Waals surface area contributed by atoms with Crippen LogP contribution < -0.4 is 5.73 Å². The summed E-state index contributed by atoms with van der Waals surface area (Å²) in [7, 11) is -1.59. The molecule has 0 saturated carbocycles. The number of rotatable bonds is 5. The third kappa shape index (κ3) is 2.98. The number of hydrogen-bond acceptors (Lipinski definition) is 5. The van der Waals surface area contributed by atoms with Crippen LogP contribution in [0.3, 0.4) is 0 Å². The van der Waals surface area contributed by atoms with Gasteiger partial charge in [0.15, 0.2) is 5.58 Å². The average molecular weight is 295 g/mol. The molecule has 2 N–H and O–H groups in total. The minimum Gasteiger partial charge on any atom is -0.430 e. The molecule has 1 heterocycles. The van der Waals surface area contributed by atoms with Crippen molar-refractivity contribution in [2.24, 2.45) is 0 Å². The lowest BCUT2D eigenvalue weighted by Crippen LogP contribution is -2.34. The van der Waals surface area contributed by atoms with Gasteiger partial charge in [0, 0.05) is 18.8 Å². The second kappa shape index (κ2) is 6.04. The Hall–Kier alpha value is -1.89. The van der Waals surface area contributed by atoms with Gasteiger partial charge < -0.3 is 15.1 Å². The Kier molecular flexibility index (Phi) is 4.39. The number of nitrogens with zero attached hydrogens (tertiary/aromatic N) is 2. The van der Waals surface area contributed by atoms with Gasteiger partial charge >= 0.3 is 0 Å². The maximum absolute atomic E-state index is 12.1. The summed E-state index contributed by atoms with van der Waals surface area (Å²) >= 11 is 0. The Morgan fingerprint density at radius 1 is 1.40 bits per heavy atom. The maximum atomic E-state index is 12.1. The SMILES string of the molecule is CCN(CC)C(=O)CS(=O)c1nc2cc(N)ccc2o1. The van der Waals surface area contributed by atoms with Crippen LogP contribution in [0.2, 0.25) is 0 Å². The maximum Gasteiger partial charge on any atom is 0.288 e. The van der Waals surface area contributed by atoms with E-state index in [-0.39, 0.29) is 16.9 Å². The zero-order chi connectivity index (χ0) is 14.7. The third-order valence-corrected chi connectivity index (χ3v) is 4.03. The number of carbonyl (C=O) groups excluding carboxylic acids is 1. The number of anilines is 1. The molecule has 1 aromatic carbocycles. The highest BCUT2D eigenvalue weighted by molar-refractivity contribution is 7.85. The van der Waals surface area contributed by atoms with E-state index in [1.54, 1.807) is 23.1 Å². The van der Waals surface area contributed by atoms with Gasteiger partial charge in [-0.1, -0.05) is 0 Å². The lowest BCUT2D eigenvalue weighted by molar-refractivity contribution is -0.128. The quantitative estimate of drug-likeness (QED) is 0.842. The summed E-state index contributed by atoms with van der Waals surface area (Å²) in [6.07, 6.45) is 0. The molecule has 0 bridgehead atoms. The molecule has 6 nitrogen and oxygen atoms in total. The molecule has 20 heavy (non-hydrogen) atoms. The molecule has 1 atom stereocenters. The molecule has 2 rings (SSSR count). The number of fused-ring (bicyclic) bond motifs is 1. The van der Waals surface area contributed by atoms with Crippen LogP contribution in [0.1, 0.15) is 13.8 Å². The van der Waals surface area contributed by atoms with E-state index in [1.165, 1.54) is 0 Å². The van der Waals surface area contributed by atoms with E-state index < -0.39 is 10.8 Å². The van der Waals surface area contributed by atoms with Crippen LogP contribution in [-0.2, 0) is 15.6 Å². The summed E-state index contributed by atoms with van der Waals surface area (Å²) in [6.45, 7) is 4.95. The zero-order valence-electron chi connectivity index (χ0n) is 11.5. The van der Waals surface area contributed by atoms with E-state index >= 15 is 0 Å². The van der Waals surface area contributed by atoms with Crippen molar-refractivity contribution in [1.82, 2.24) is 9.88 Å². The van der Waals surface area contributed by atoms with Crippen molar-refractivity contribution < 1.29 is 13.4 Å². The Bertz CT molecular complexity index is 649. The fourth-order valence-electron chi connectivity index (χ4n) is 1.86. The van der Waals surface area contributed by atoms with Crippen LogP contribution in [0.5, 0.6) is 0 Å². The predicted molar refractivity (Wildman–Crippen MR) is 77.6 cm³/mol. The van der Waals surface area contributed by atoms with E-state index in [1.807, 2.05) is 13.8 Å². The van der Waals surface area contributed by atoms with Gasteiger partial charge in [0.2, 0.25) is 5.91 Å². The summed E-state index contributed by atoms with van der Waals surface area (Å²) in [4.78, 5) is 17.6. The van der Waals surface area contributed by atoms with Crippen molar-refractivity contribution in [3.63, 3.8) is 0 Å². The van der Waals surface area contributed by atoms with Gasteiger partial charge in [-0.05, 0) is 32.0 Å². The lowest BCUT2D eigenvalue weighted by atomic mass is 10.3. The number of benzene rings is 1. The molecule has 1 amide bonds. The molecule has 1 unspecified atom stereocenters. The first-order valence-corrected chi connectivity index (χ1v) is 7.69. The number of aromatic nitrogens is 1. The molecule has 0 saturated heterocycles. The standard InChI is InChI=1S/C13H17N3O3S/c1-3-16(4-2)12(17)8-20(18)13-15-10-7-9(14)5-6-11(10)19-13/h5-7H,3-4,8,14H2,1-2H3. The van der Waals surface area contributed by atoms with Crippen LogP contribution in [0.25, 0.3) is 11.1 Å². The number of hydrogen-bond donors (Lipinski definition) is 1. The Morgan fingerprint density at radius 3 is 2.75 bits per heavy atom. The lowest BCUT2D eigenvalue weighted by Gasteiger charge is -2.17. The molecule has 0 fully saturated rings. The number of oxazole rings is 1. The highest BCUT2D eigenvalue weighted by atomic mass is 32.2. The van der Waals surface area contributed by atoms with Crippen LogP contribution in [-0.4, -0.2) is 38.8 Å². The van der Waals surface area contributed by atoms with Crippen LogP contribution in [0.4, 0.5) is 5.69 Å². The van der Waals surface area contributed by atoms with Crippen molar-refractivity contribution in [3.05, 3.63) is 18.2 Å². The van der Waals surface area contributed by atoms with E-state index in [2.05, 4.69) is 4.98 Å². The molecule has 1 aromatic heterocycles. The van der Waals surface area contributed by atoms with E-state index in [0.29, 0.717) is 29.9 Å². The second-order valence-corrected chi connectivity index (χ2v) is 5.59. The minimum absolute atomic E-state index is 0.0612. The number of carbonyl (C=O) groups is 1. The van der Waals surface area contributed by atoms with Crippen molar-refractivity contribution in [1.29, 1.82) is 0 Å². The van der Waals surface area contributed by atoms with Gasteiger partial charge in [-0.15, -0.1) is 0 Å². The third-order valence-electron chi connectivity index (χ3n) is 2.96. The summed E-state index contributed by atoms with van der Waals surface area (Å²) < 4.78 is 17.5. The fraction of sp³-hybridized carbons (Fsp3) is 0.385. The summed E-state index contributed by atoms with van der Waals surface area (Å²) in [6, 6.07) is 5.00. The first-order chi connectivity index (χ1) is 9.55. The number of nitrogen functional groups attached to an aromatic ring is 1. The van der Waals surface area contributed by atoms with Gasteiger partial charge in [-0.3, -0.25) is 4.79 Å². The van der Waals surface area contributed by atoms with Gasteiger partial charge in [0.1, 0.15) is 22.1 Å². The van der Waals surface area contributed by atoms with E-state index in [9.17, 15) is 9.00 Å². The largest absolute Gasteiger partial charge is 0.430 e. The first-order valence-electron chi connectivity index (χ1n) is 6.37. The number of nitrogens with two attached hydrogens (primary N) is 1. The molecule has 2 aromatic rings. The molecular formula is C13H17N3O3S. The summed E-state index contributed by atoms with van der Waals surface area (Å²) in [5.41, 5.74) is 7.26. The number of amides is 1. The van der Waals surface area contributed by atoms with Gasteiger partial charge in [0.25, 0.3) is 5.22 Å². The highest BCUT2D eigenvalue weighted by Crippen LogP contribution is 2.20. The Labute approximate surface area is 119 Å². The Morgan fingerprint density at radius 2 is 2.10 bits per heavy atom. The molecule has 108 valence electrons. The van der Waals surface area contributed by atoms with Gasteiger partial charge in [-0.25, -0.2) is 9.19 Å².